The maximum absolute atomic E-state index is 12.7. The van der Waals surface area contributed by atoms with Gasteiger partial charge in [-0.2, -0.15) is 0 Å². The van der Waals surface area contributed by atoms with Crippen molar-refractivity contribution in [1.82, 2.24) is 16.0 Å². The smallest absolute Gasteiger partial charge is 0.243 e. The van der Waals surface area contributed by atoms with Crippen LogP contribution in [0.25, 0.3) is 0 Å². The molecule has 0 saturated heterocycles. The van der Waals surface area contributed by atoms with Crippen LogP contribution in [0.5, 0.6) is 0 Å². The molecule has 1 aromatic carbocycles. The number of nitrogens with one attached hydrogen (secondary N) is 3. The number of amides is 3. The topological polar surface area (TPSA) is 130 Å². The number of hydrogen-bond donors (Lipinski definition) is 4. The summed E-state index contributed by atoms with van der Waals surface area (Å²) in [5.74, 6) is -0.931. The Labute approximate surface area is 159 Å². The maximum Gasteiger partial charge on any atom is 0.243 e. The molecule has 148 valence electrons. The van der Waals surface area contributed by atoms with E-state index in [1.54, 1.807) is 0 Å². The predicted octanol–water partition coefficient (Wildman–Crippen LogP) is -0.339. The van der Waals surface area contributed by atoms with E-state index in [1.807, 2.05) is 30.3 Å². The molecule has 0 saturated carbocycles. The molecule has 0 fully saturated rings. The Morgan fingerprint density at radius 3 is 2.37 bits per heavy atom. The Kier molecular flexibility index (Phi) is 10.4. The molecule has 0 aromatic heterocycles. The van der Waals surface area contributed by atoms with Gasteiger partial charge in [-0.05, 0) is 38.3 Å². The normalized spacial score (nSPS) is 13.7. The summed E-state index contributed by atoms with van der Waals surface area (Å²) < 4.78 is 0. The summed E-state index contributed by atoms with van der Waals surface area (Å²) in [5.41, 5.74) is 6.31. The highest BCUT2D eigenvalue weighted by Crippen LogP contribution is 2.05. The van der Waals surface area contributed by atoms with Crippen LogP contribution in [0, 0.1) is 0 Å². The molecule has 0 bridgehead atoms. The van der Waals surface area contributed by atoms with Crippen LogP contribution in [0.15, 0.2) is 30.3 Å². The molecule has 27 heavy (non-hydrogen) atoms. The molecule has 0 aliphatic carbocycles. The molecule has 0 radical (unpaired) electrons. The molecule has 1 aromatic rings. The minimum Gasteiger partial charge on any atom is -0.347 e. The summed E-state index contributed by atoms with van der Waals surface area (Å²) in [7, 11) is 0. The van der Waals surface area contributed by atoms with Gasteiger partial charge in [-0.1, -0.05) is 30.3 Å². The zero-order valence-corrected chi connectivity index (χ0v) is 15.5. The monoisotopic (exact) mass is 376 g/mol. The molecule has 0 aliphatic heterocycles. The van der Waals surface area contributed by atoms with E-state index >= 15 is 0 Å². The van der Waals surface area contributed by atoms with Gasteiger partial charge >= 0.3 is 0 Å². The highest BCUT2D eigenvalue weighted by molar-refractivity contribution is 5.91. The average molecular weight is 376 g/mol. The van der Waals surface area contributed by atoms with E-state index in [1.165, 1.54) is 6.92 Å². The van der Waals surface area contributed by atoms with E-state index in [0.29, 0.717) is 25.7 Å². The number of rotatable bonds is 13. The van der Waals surface area contributed by atoms with Gasteiger partial charge in [0, 0.05) is 6.42 Å². The average Bonchev–Trinajstić information content (AvgIpc) is 2.67. The summed E-state index contributed by atoms with van der Waals surface area (Å²) >= 11 is 0. The molecule has 0 heterocycles. The first kappa shape index (κ1) is 22.3. The van der Waals surface area contributed by atoms with Crippen molar-refractivity contribution in [3.05, 3.63) is 35.9 Å². The molecule has 1 rings (SSSR count). The number of benzene rings is 1. The van der Waals surface area contributed by atoms with E-state index < -0.39 is 29.9 Å². The van der Waals surface area contributed by atoms with Gasteiger partial charge in [-0.15, -0.1) is 0 Å². The second-order valence-corrected chi connectivity index (χ2v) is 6.29. The van der Waals surface area contributed by atoms with Crippen LogP contribution < -0.4 is 21.7 Å². The van der Waals surface area contributed by atoms with Gasteiger partial charge in [-0.25, -0.2) is 0 Å². The Balaban J connectivity index is 2.81. The molecule has 0 spiro atoms. The fourth-order valence-corrected chi connectivity index (χ4v) is 2.50. The fraction of sp³-hybridized carbons (Fsp3) is 0.474. The number of nitrogens with two attached hydrogens (primary N) is 1. The van der Waals surface area contributed by atoms with E-state index in [-0.39, 0.29) is 6.42 Å². The van der Waals surface area contributed by atoms with Gasteiger partial charge in [-0.3, -0.25) is 14.4 Å². The molecule has 8 heteroatoms. The van der Waals surface area contributed by atoms with Crippen molar-refractivity contribution in [1.29, 1.82) is 0 Å². The summed E-state index contributed by atoms with van der Waals surface area (Å²) in [5, 5.41) is 7.66. The SMILES string of the molecule is C[C@H](NC=O)C(=O)N[C@@H](Cc1ccccc1)C(=O)N[C@H](C=O)CCCCN. The molecular weight excluding hydrogens is 348 g/mol. The predicted molar refractivity (Wildman–Crippen MR) is 102 cm³/mol. The summed E-state index contributed by atoms with van der Waals surface area (Å²) in [6.45, 7) is 2.04. The van der Waals surface area contributed by atoms with Crippen molar-refractivity contribution in [2.75, 3.05) is 6.54 Å². The van der Waals surface area contributed by atoms with Crippen LogP contribution >= 0.6 is 0 Å². The lowest BCUT2D eigenvalue weighted by Gasteiger charge is -2.22. The van der Waals surface area contributed by atoms with Crippen molar-refractivity contribution in [3.8, 4) is 0 Å². The molecule has 3 atom stereocenters. The van der Waals surface area contributed by atoms with Gasteiger partial charge < -0.3 is 26.5 Å². The van der Waals surface area contributed by atoms with E-state index in [9.17, 15) is 19.2 Å². The van der Waals surface area contributed by atoms with E-state index in [2.05, 4.69) is 16.0 Å². The van der Waals surface area contributed by atoms with Crippen molar-refractivity contribution < 1.29 is 19.2 Å². The Morgan fingerprint density at radius 1 is 1.07 bits per heavy atom. The van der Waals surface area contributed by atoms with E-state index in [0.717, 1.165) is 18.4 Å². The standard InChI is InChI=1S/C19H28N4O4/c1-14(21-13-25)18(26)23-17(11-15-7-3-2-4-8-15)19(27)22-16(12-24)9-5-6-10-20/h2-4,7-8,12-14,16-17H,5-6,9-11,20H2,1H3,(H,21,25)(H,22,27)(H,23,26)/t14-,16-,17-/m0/s1. The number of carbonyl (C=O) groups excluding carboxylic acids is 4. The van der Waals surface area contributed by atoms with Gasteiger partial charge in [0.25, 0.3) is 0 Å². The first-order valence-corrected chi connectivity index (χ1v) is 9.01. The van der Waals surface area contributed by atoms with Crippen LogP contribution in [0.3, 0.4) is 0 Å². The first-order chi connectivity index (χ1) is 13.0. The third kappa shape index (κ3) is 8.46. The molecule has 0 unspecified atom stereocenters. The molecule has 3 amide bonds. The van der Waals surface area contributed by atoms with Gasteiger partial charge in [0.05, 0.1) is 6.04 Å². The van der Waals surface area contributed by atoms with Crippen molar-refractivity contribution in [3.63, 3.8) is 0 Å². The van der Waals surface area contributed by atoms with Crippen molar-refractivity contribution in [2.24, 2.45) is 5.73 Å². The number of aldehydes is 1. The zero-order valence-electron chi connectivity index (χ0n) is 15.5. The van der Waals surface area contributed by atoms with Crippen LogP contribution in [-0.4, -0.2) is 49.2 Å². The Hall–Kier alpha value is -2.74. The number of unbranched alkanes of at least 4 members (excludes halogenated alkanes) is 1. The summed E-state index contributed by atoms with van der Waals surface area (Å²) in [6.07, 6.45) is 3.35. The van der Waals surface area contributed by atoms with Gasteiger partial charge in [0.15, 0.2) is 0 Å². The minimum atomic E-state index is -0.868. The quantitative estimate of drug-likeness (QED) is 0.276. The van der Waals surface area contributed by atoms with E-state index in [4.69, 9.17) is 5.73 Å². The highest BCUT2D eigenvalue weighted by Gasteiger charge is 2.25. The largest absolute Gasteiger partial charge is 0.347 e. The molecule has 5 N–H and O–H groups in total. The molecule has 8 nitrogen and oxygen atoms in total. The van der Waals surface area contributed by atoms with Crippen LogP contribution in [0.4, 0.5) is 0 Å². The number of carbonyl (C=O) groups is 4. The second kappa shape index (κ2) is 12.6. The molecule has 0 aliphatic rings. The third-order valence-electron chi connectivity index (χ3n) is 4.09. The summed E-state index contributed by atoms with van der Waals surface area (Å²) in [4.78, 5) is 46.6. The maximum atomic E-state index is 12.7. The lowest BCUT2D eigenvalue weighted by Crippen LogP contribution is -2.54. The summed E-state index contributed by atoms with van der Waals surface area (Å²) in [6, 6.07) is 6.94. The van der Waals surface area contributed by atoms with Gasteiger partial charge in [0.2, 0.25) is 18.2 Å². The van der Waals surface area contributed by atoms with Crippen LogP contribution in [0.2, 0.25) is 0 Å². The highest BCUT2D eigenvalue weighted by atomic mass is 16.2. The van der Waals surface area contributed by atoms with Crippen LogP contribution in [-0.2, 0) is 25.6 Å². The minimum absolute atomic E-state index is 0.264. The van der Waals surface area contributed by atoms with Crippen LogP contribution in [0.1, 0.15) is 31.7 Å². The lowest BCUT2D eigenvalue weighted by molar-refractivity contribution is -0.131. The van der Waals surface area contributed by atoms with Crippen molar-refractivity contribution >= 4 is 24.5 Å². The fourth-order valence-electron chi connectivity index (χ4n) is 2.50. The second-order valence-electron chi connectivity index (χ2n) is 6.29. The Bertz CT molecular complexity index is 609. The molecular formula is C19H28N4O4. The first-order valence-electron chi connectivity index (χ1n) is 9.01. The lowest BCUT2D eigenvalue weighted by atomic mass is 10.0. The third-order valence-corrected chi connectivity index (χ3v) is 4.09. The zero-order chi connectivity index (χ0) is 20.1. The van der Waals surface area contributed by atoms with Gasteiger partial charge in [0.1, 0.15) is 18.4 Å². The number of hydrogen-bond acceptors (Lipinski definition) is 5. The van der Waals surface area contributed by atoms with Crippen molar-refractivity contribution in [2.45, 2.75) is 50.7 Å². The Morgan fingerprint density at radius 2 is 1.78 bits per heavy atom.